The minimum atomic E-state index is -1.01. The van der Waals surface area contributed by atoms with Crippen molar-refractivity contribution in [3.63, 3.8) is 0 Å². The van der Waals surface area contributed by atoms with Gasteiger partial charge >= 0.3 is 5.97 Å². The molecule has 1 heterocycles. The highest BCUT2D eigenvalue weighted by Gasteiger charge is 2.23. The van der Waals surface area contributed by atoms with E-state index in [1.807, 2.05) is 0 Å². The van der Waals surface area contributed by atoms with Crippen molar-refractivity contribution in [2.45, 2.75) is 18.9 Å². The molecule has 1 aliphatic heterocycles. The second-order valence-corrected chi connectivity index (χ2v) is 4.29. The standard InChI is InChI=1S/C14H15NO4/c16-13(17)7-6-10-3-1-4-11(9-10)15-14(18)12-5-2-8-19-12/h1,3-4,6-7,9,12H,2,5,8H2,(H,15,18)(H,16,17)/b7-6+. The van der Waals surface area contributed by atoms with Gasteiger partial charge in [0.1, 0.15) is 6.10 Å². The van der Waals surface area contributed by atoms with E-state index in [0.29, 0.717) is 17.9 Å². The lowest BCUT2D eigenvalue weighted by Crippen LogP contribution is -2.26. The quantitative estimate of drug-likeness (QED) is 0.812. The fraction of sp³-hybridized carbons (Fsp3) is 0.286. The third-order valence-electron chi connectivity index (χ3n) is 2.79. The molecule has 0 aromatic heterocycles. The molecule has 1 aromatic carbocycles. The van der Waals surface area contributed by atoms with E-state index in [9.17, 15) is 9.59 Å². The SMILES string of the molecule is O=C(O)/C=C/c1cccc(NC(=O)C2CCCO2)c1. The second-order valence-electron chi connectivity index (χ2n) is 4.29. The summed E-state index contributed by atoms with van der Waals surface area (Å²) in [5.74, 6) is -1.16. The van der Waals surface area contributed by atoms with Crippen molar-refractivity contribution in [2.75, 3.05) is 11.9 Å². The maximum Gasteiger partial charge on any atom is 0.328 e. The van der Waals surface area contributed by atoms with Crippen LogP contribution in [0.4, 0.5) is 5.69 Å². The summed E-state index contributed by atoms with van der Waals surface area (Å²) in [5.41, 5.74) is 1.35. The number of aliphatic carboxylic acids is 1. The number of carboxylic acid groups (broad SMARTS) is 1. The fourth-order valence-corrected chi connectivity index (χ4v) is 1.89. The normalized spacial score (nSPS) is 18.6. The number of carboxylic acids is 1. The van der Waals surface area contributed by atoms with Crippen molar-refractivity contribution in [1.82, 2.24) is 0 Å². The van der Waals surface area contributed by atoms with E-state index >= 15 is 0 Å². The van der Waals surface area contributed by atoms with Crippen LogP contribution >= 0.6 is 0 Å². The Labute approximate surface area is 110 Å². The van der Waals surface area contributed by atoms with Crippen molar-refractivity contribution in [2.24, 2.45) is 0 Å². The summed E-state index contributed by atoms with van der Waals surface area (Å²) in [4.78, 5) is 22.3. The van der Waals surface area contributed by atoms with E-state index in [-0.39, 0.29) is 12.0 Å². The first kappa shape index (κ1) is 13.3. The topological polar surface area (TPSA) is 75.6 Å². The molecule has 0 aliphatic carbocycles. The molecule has 1 unspecified atom stereocenters. The maximum absolute atomic E-state index is 11.8. The van der Waals surface area contributed by atoms with Crippen molar-refractivity contribution in [3.8, 4) is 0 Å². The lowest BCUT2D eigenvalue weighted by Gasteiger charge is -2.10. The second kappa shape index (κ2) is 6.15. The molecule has 100 valence electrons. The monoisotopic (exact) mass is 261 g/mol. The molecule has 1 aliphatic rings. The number of nitrogens with one attached hydrogen (secondary N) is 1. The Balaban J connectivity index is 2.02. The van der Waals surface area contributed by atoms with Crippen molar-refractivity contribution in [3.05, 3.63) is 35.9 Å². The molecule has 2 rings (SSSR count). The van der Waals surface area contributed by atoms with Gasteiger partial charge in [-0.05, 0) is 36.6 Å². The molecular weight excluding hydrogens is 246 g/mol. The Bertz CT molecular complexity index is 504. The first-order valence-corrected chi connectivity index (χ1v) is 6.09. The maximum atomic E-state index is 11.8. The summed E-state index contributed by atoms with van der Waals surface area (Å²) in [7, 11) is 0. The van der Waals surface area contributed by atoms with Gasteiger partial charge in [0.15, 0.2) is 0 Å². The van der Waals surface area contributed by atoms with Crippen LogP contribution in [-0.4, -0.2) is 29.7 Å². The molecule has 5 heteroatoms. The predicted molar refractivity (Wildman–Crippen MR) is 70.7 cm³/mol. The largest absolute Gasteiger partial charge is 0.478 e. The van der Waals surface area contributed by atoms with Crippen LogP contribution in [0.15, 0.2) is 30.3 Å². The molecule has 5 nitrogen and oxygen atoms in total. The molecule has 1 fully saturated rings. The zero-order valence-electron chi connectivity index (χ0n) is 10.3. The number of amides is 1. The van der Waals surface area contributed by atoms with Crippen LogP contribution in [0.25, 0.3) is 6.08 Å². The number of ether oxygens (including phenoxy) is 1. The highest BCUT2D eigenvalue weighted by Crippen LogP contribution is 2.16. The highest BCUT2D eigenvalue weighted by atomic mass is 16.5. The summed E-state index contributed by atoms with van der Waals surface area (Å²) < 4.78 is 5.29. The molecule has 1 aromatic rings. The fourth-order valence-electron chi connectivity index (χ4n) is 1.89. The predicted octanol–water partition coefficient (Wildman–Crippen LogP) is 1.90. The summed E-state index contributed by atoms with van der Waals surface area (Å²) in [6, 6.07) is 6.99. The first-order chi connectivity index (χ1) is 9.15. The summed E-state index contributed by atoms with van der Waals surface area (Å²) in [5, 5.41) is 11.3. The summed E-state index contributed by atoms with van der Waals surface area (Å²) in [6.45, 7) is 0.624. The first-order valence-electron chi connectivity index (χ1n) is 6.09. The van der Waals surface area contributed by atoms with E-state index in [1.54, 1.807) is 24.3 Å². The van der Waals surface area contributed by atoms with Crippen LogP contribution in [0.5, 0.6) is 0 Å². The lowest BCUT2D eigenvalue weighted by atomic mass is 10.1. The van der Waals surface area contributed by atoms with Crippen LogP contribution in [0, 0.1) is 0 Å². The van der Waals surface area contributed by atoms with Crippen LogP contribution in [0.1, 0.15) is 18.4 Å². The number of carbonyl (C=O) groups is 2. The molecule has 1 saturated heterocycles. The van der Waals surface area contributed by atoms with Crippen molar-refractivity contribution >= 4 is 23.6 Å². The van der Waals surface area contributed by atoms with Gasteiger partial charge in [0.2, 0.25) is 0 Å². The number of rotatable bonds is 4. The van der Waals surface area contributed by atoms with Gasteiger partial charge in [-0.1, -0.05) is 12.1 Å². The van der Waals surface area contributed by atoms with Crippen LogP contribution in [0.3, 0.4) is 0 Å². The van der Waals surface area contributed by atoms with Crippen LogP contribution in [-0.2, 0) is 14.3 Å². The zero-order valence-corrected chi connectivity index (χ0v) is 10.3. The zero-order chi connectivity index (χ0) is 13.7. The smallest absolute Gasteiger partial charge is 0.328 e. The van der Waals surface area contributed by atoms with Gasteiger partial charge in [-0.25, -0.2) is 4.79 Å². The summed E-state index contributed by atoms with van der Waals surface area (Å²) >= 11 is 0. The lowest BCUT2D eigenvalue weighted by molar-refractivity contribution is -0.131. The van der Waals surface area contributed by atoms with Crippen LogP contribution < -0.4 is 5.32 Å². The Morgan fingerprint density at radius 1 is 1.42 bits per heavy atom. The number of anilines is 1. The van der Waals surface area contributed by atoms with Gasteiger partial charge < -0.3 is 15.2 Å². The van der Waals surface area contributed by atoms with Gasteiger partial charge in [0.25, 0.3) is 5.91 Å². The highest BCUT2D eigenvalue weighted by molar-refractivity contribution is 5.94. The number of hydrogen-bond acceptors (Lipinski definition) is 3. The van der Waals surface area contributed by atoms with Gasteiger partial charge in [-0.3, -0.25) is 4.79 Å². The van der Waals surface area contributed by atoms with Crippen LogP contribution in [0.2, 0.25) is 0 Å². The molecule has 19 heavy (non-hydrogen) atoms. The minimum absolute atomic E-state index is 0.156. The molecular formula is C14H15NO4. The van der Waals surface area contributed by atoms with E-state index in [4.69, 9.17) is 9.84 Å². The molecule has 0 bridgehead atoms. The third kappa shape index (κ3) is 3.93. The average Bonchev–Trinajstić information content (AvgIpc) is 2.91. The molecule has 2 N–H and O–H groups in total. The Kier molecular flexibility index (Phi) is 4.30. The Hall–Kier alpha value is -2.14. The molecule has 0 saturated carbocycles. The van der Waals surface area contributed by atoms with E-state index in [0.717, 1.165) is 18.9 Å². The van der Waals surface area contributed by atoms with E-state index in [1.165, 1.54) is 6.08 Å². The minimum Gasteiger partial charge on any atom is -0.478 e. The molecule has 1 atom stereocenters. The molecule has 0 spiro atoms. The summed E-state index contributed by atoms with van der Waals surface area (Å²) in [6.07, 6.45) is 3.80. The Morgan fingerprint density at radius 3 is 2.95 bits per heavy atom. The number of carbonyl (C=O) groups excluding carboxylic acids is 1. The number of hydrogen-bond donors (Lipinski definition) is 2. The third-order valence-corrected chi connectivity index (χ3v) is 2.79. The van der Waals surface area contributed by atoms with E-state index < -0.39 is 5.97 Å². The van der Waals surface area contributed by atoms with Gasteiger partial charge in [-0.2, -0.15) is 0 Å². The van der Waals surface area contributed by atoms with E-state index in [2.05, 4.69) is 5.32 Å². The molecule has 0 radical (unpaired) electrons. The van der Waals surface area contributed by atoms with Gasteiger partial charge in [0, 0.05) is 18.4 Å². The van der Waals surface area contributed by atoms with Gasteiger partial charge in [-0.15, -0.1) is 0 Å². The van der Waals surface area contributed by atoms with Gasteiger partial charge in [0.05, 0.1) is 0 Å². The Morgan fingerprint density at radius 2 is 2.26 bits per heavy atom. The number of benzene rings is 1. The van der Waals surface area contributed by atoms with Crippen molar-refractivity contribution < 1.29 is 19.4 Å². The molecule has 1 amide bonds. The van der Waals surface area contributed by atoms with Crippen molar-refractivity contribution in [1.29, 1.82) is 0 Å². The average molecular weight is 261 g/mol.